The normalized spacial score (nSPS) is 17.5. The number of rotatable bonds is 4. The van der Waals surface area contributed by atoms with Crippen LogP contribution in [-0.4, -0.2) is 24.9 Å². The van der Waals surface area contributed by atoms with Gasteiger partial charge in [-0.05, 0) is 276 Å². The Balaban J connectivity index is 0.0000000946. The first-order valence-electron chi connectivity index (χ1n) is 46.6. The molecule has 0 fully saturated rings. The number of benzene rings is 14. The summed E-state index contributed by atoms with van der Waals surface area (Å²) in [4.78, 5) is 24.6. The first-order valence-corrected chi connectivity index (χ1v) is 46.6. The third kappa shape index (κ3) is 11.7. The van der Waals surface area contributed by atoms with Gasteiger partial charge < -0.3 is 0 Å². The summed E-state index contributed by atoms with van der Waals surface area (Å²) in [5.74, 6) is 1.27. The van der Waals surface area contributed by atoms with Crippen molar-refractivity contribution in [3.63, 3.8) is 0 Å². The number of hydrogen-bond acceptors (Lipinski definition) is 5. The summed E-state index contributed by atoms with van der Waals surface area (Å²) in [7, 11) is 8.69. The van der Waals surface area contributed by atoms with Crippen molar-refractivity contribution in [2.24, 2.45) is 28.2 Å². The Labute approximate surface area is 770 Å². The van der Waals surface area contributed by atoms with E-state index in [0.29, 0.717) is 0 Å². The maximum Gasteiger partial charge on any atom is 0.286 e. The number of aryl methyl sites for hydroxylation is 11. The van der Waals surface area contributed by atoms with Crippen molar-refractivity contribution in [1.82, 2.24) is 24.9 Å². The van der Waals surface area contributed by atoms with Crippen LogP contribution in [-0.2, 0) is 28.2 Å². The van der Waals surface area contributed by atoms with Crippen molar-refractivity contribution >= 4 is 43.1 Å². The van der Waals surface area contributed by atoms with Gasteiger partial charge >= 0.3 is 0 Å². The molecule has 0 spiro atoms. The van der Waals surface area contributed by atoms with Crippen molar-refractivity contribution in [3.05, 3.63) is 514 Å². The lowest BCUT2D eigenvalue weighted by Gasteiger charge is -2.43. The molecule has 20 aromatic rings. The van der Waals surface area contributed by atoms with Gasteiger partial charge in [-0.1, -0.05) is 223 Å². The van der Waals surface area contributed by atoms with E-state index in [2.05, 4.69) is 406 Å². The van der Waals surface area contributed by atoms with Crippen molar-refractivity contribution in [2.75, 3.05) is 0 Å². The monoisotopic (exact) mass is 1700 g/mol. The van der Waals surface area contributed by atoms with Crippen molar-refractivity contribution in [2.45, 2.75) is 103 Å². The van der Waals surface area contributed by atoms with E-state index in [1.54, 1.807) is 0 Å². The van der Waals surface area contributed by atoms with Gasteiger partial charge in [0, 0.05) is 98.7 Å². The second-order valence-corrected chi connectivity index (χ2v) is 38.2. The summed E-state index contributed by atoms with van der Waals surface area (Å²) < 4.78 is 9.19. The zero-order valence-electron chi connectivity index (χ0n) is 76.4. The Morgan fingerprint density at radius 2 is 0.500 bits per heavy atom. The van der Waals surface area contributed by atoms with Crippen molar-refractivity contribution in [1.29, 1.82) is 0 Å². The third-order valence-electron chi connectivity index (χ3n) is 30.8. The van der Waals surface area contributed by atoms with Gasteiger partial charge in [-0.3, -0.25) is 19.9 Å². The van der Waals surface area contributed by atoms with Crippen LogP contribution in [0.15, 0.2) is 335 Å². The molecule has 0 amide bonds. The fourth-order valence-corrected chi connectivity index (χ4v) is 25.2. The highest BCUT2D eigenvalue weighted by Gasteiger charge is 2.53. The Morgan fingerprint density at radius 3 is 0.917 bits per heavy atom. The zero-order valence-corrected chi connectivity index (χ0v) is 76.4. The first-order chi connectivity index (χ1) is 64.5. The van der Waals surface area contributed by atoms with Gasteiger partial charge in [0.05, 0.1) is 65.0 Å². The molecule has 0 aliphatic heterocycles. The molecule has 6 heterocycles. The molecule has 8 unspecified atom stereocenters. The molecule has 0 radical (unpaired) electrons. The molecule has 12 aliphatic rings. The lowest BCUT2D eigenvalue weighted by atomic mass is 9.59. The lowest BCUT2D eigenvalue weighted by Crippen LogP contribution is -2.39. The summed E-state index contributed by atoms with van der Waals surface area (Å²) in [5, 5.41) is 10.4. The highest BCUT2D eigenvalue weighted by molar-refractivity contribution is 5.93. The van der Waals surface area contributed by atoms with Gasteiger partial charge in [0.1, 0.15) is 26.8 Å². The van der Waals surface area contributed by atoms with Gasteiger partial charge in [0.15, 0.2) is 24.3 Å². The molecule has 0 saturated heterocycles. The molecule has 8 bridgehead atoms. The minimum atomic E-state index is 0.0778. The van der Waals surface area contributed by atoms with E-state index in [4.69, 9.17) is 24.9 Å². The molecule has 32 rings (SSSR count). The molecule has 8 atom stereocenters. The molecule has 0 saturated carbocycles. The van der Waals surface area contributed by atoms with Crippen LogP contribution in [0.4, 0.5) is 0 Å². The molecule has 0 N–H and O–H groups in total. The van der Waals surface area contributed by atoms with Gasteiger partial charge in [0.25, 0.3) is 6.33 Å². The number of fused-ring (bicyclic) bond motifs is 4. The average Bonchev–Trinajstić information content (AvgIpc) is 0.705. The van der Waals surface area contributed by atoms with Crippen LogP contribution in [0.1, 0.15) is 226 Å². The lowest BCUT2D eigenvalue weighted by molar-refractivity contribution is -0.664. The third-order valence-corrected chi connectivity index (χ3v) is 30.8. The molecule has 14 aromatic carbocycles. The summed E-state index contributed by atoms with van der Waals surface area (Å²) in [6.45, 7) is 17.9. The average molecular weight is 1700 g/mol. The van der Waals surface area contributed by atoms with Crippen molar-refractivity contribution in [3.8, 4) is 45.0 Å². The van der Waals surface area contributed by atoms with Crippen LogP contribution < -0.4 is 18.3 Å². The predicted molar refractivity (Wildman–Crippen MR) is 528 cm³/mol. The fraction of sp³-hybridized carbons (Fsp3) is 0.163. The SMILES string of the molecule is Cc1cc(C)c(C)c(-c2c3c(c(C)c[n+]2C)C2c4ccccc4C3c3cc4ccccc4cc32)c1.Cc1ccccc1-c1c2c(c(C)c[n+]1C)C1c3cc4ccccc4cc3C2c2nccnc21.Cc1ccccc1-c1c2c(cc[n+]1C)C1c3cc4ccccc4cc3C2c2nccnc21.Cc1ccccc1-c1c2c(nc[n+]1C)C1c3ccccc3C2c2cc3ccccc3cc21. The Kier molecular flexibility index (Phi) is 18.1. The minimum absolute atomic E-state index is 0.0778. The topological polar surface area (TPSA) is 80.0 Å². The molecule has 132 heavy (non-hydrogen) atoms. The van der Waals surface area contributed by atoms with E-state index in [1.807, 2.05) is 31.1 Å². The largest absolute Gasteiger partial charge is 0.286 e. The Hall–Kier alpha value is -15.2. The highest BCUT2D eigenvalue weighted by atomic mass is 15.0. The van der Waals surface area contributed by atoms with Crippen LogP contribution >= 0.6 is 0 Å². The molecule has 9 heteroatoms. The van der Waals surface area contributed by atoms with Gasteiger partial charge in [-0.15, -0.1) is 0 Å². The van der Waals surface area contributed by atoms with Crippen LogP contribution in [0.5, 0.6) is 0 Å². The van der Waals surface area contributed by atoms with Crippen molar-refractivity contribution < 1.29 is 18.3 Å². The van der Waals surface area contributed by atoms with E-state index in [9.17, 15) is 0 Å². The van der Waals surface area contributed by atoms with E-state index in [-0.39, 0.29) is 47.3 Å². The second-order valence-electron chi connectivity index (χ2n) is 38.2. The van der Waals surface area contributed by atoms with E-state index in [0.717, 1.165) is 22.8 Å². The molecule has 632 valence electrons. The minimum Gasteiger partial charge on any atom is -0.257 e. The number of nitrogens with zero attached hydrogens (tertiary/aromatic N) is 9. The van der Waals surface area contributed by atoms with Crippen LogP contribution in [0.2, 0.25) is 0 Å². The van der Waals surface area contributed by atoms with Gasteiger partial charge in [-0.25, -0.2) is 18.3 Å². The zero-order chi connectivity index (χ0) is 89.1. The molecule has 6 aromatic heterocycles. The molecule has 9 nitrogen and oxygen atoms in total. The van der Waals surface area contributed by atoms with E-state index < -0.39 is 0 Å². The van der Waals surface area contributed by atoms with E-state index in [1.165, 1.54) is 244 Å². The number of aromatic nitrogens is 9. The summed E-state index contributed by atoms with van der Waals surface area (Å²) in [6, 6.07) is 106. The summed E-state index contributed by atoms with van der Waals surface area (Å²) >= 11 is 0. The number of pyridine rings is 3. The summed E-state index contributed by atoms with van der Waals surface area (Å²) in [6.07, 6.45) is 16.2. The Morgan fingerprint density at radius 1 is 0.205 bits per heavy atom. The number of hydrogen-bond donors (Lipinski definition) is 0. The van der Waals surface area contributed by atoms with Gasteiger partial charge in [0.2, 0.25) is 17.1 Å². The fourth-order valence-electron chi connectivity index (χ4n) is 25.2. The predicted octanol–water partition coefficient (Wildman–Crippen LogP) is 24.7. The standard InChI is InChI=1S/C34H30N.C30H24N3.C30H23N2.C29H22N3/c1-19-14-20(2)22(4)27(15-19)34-33-30(21(3)18-35(34)5)31-25-12-8-9-13-26(25)32(33)29-17-24-11-7-6-10-23(24)16-28(29)31;1-17-8-4-7-11-21(17)30-27-24(18(2)16-33(30)3)25-22-14-19-9-5-6-10-20(19)15-23(22)26(27)29-28(25)31-12-13-32-29;1-18-9-3-6-12-21(18)30-28-26-22-13-7-8-14-23(22)27(29(28)31-17-32(30)2)25-16-20-11-5-4-10-19(20)15-24(25)26;1-17-7-3-6-10-20(17)29-26-21(11-14-32(29)2)24-22-15-18-8-4-5-9-19(18)16-23(22)25(26)28-27(24)30-12-13-31-28/h6-18,31-32H,1-5H3;4-16,25-26H,1-3H3;3-17,26-27H,1-2H3;3-16,24-25H,1-2H3/q4*+1. The van der Waals surface area contributed by atoms with Gasteiger partial charge in [-0.2, -0.15) is 0 Å². The first kappa shape index (κ1) is 79.0. The van der Waals surface area contributed by atoms with E-state index >= 15 is 0 Å². The maximum atomic E-state index is 5.06. The maximum absolute atomic E-state index is 5.06. The van der Waals surface area contributed by atoms with Crippen LogP contribution in [0, 0.1) is 55.4 Å². The molecule has 12 aliphatic carbocycles. The molecular formula is C123H99N9+4. The Bertz CT molecular complexity index is 8160. The second kappa shape index (κ2) is 30.2. The smallest absolute Gasteiger partial charge is 0.257 e. The van der Waals surface area contributed by atoms with Crippen LogP contribution in [0.25, 0.3) is 88.1 Å². The van der Waals surface area contributed by atoms with Crippen LogP contribution in [0.3, 0.4) is 0 Å². The molecular weight excluding hydrogens is 1600 g/mol. The summed E-state index contributed by atoms with van der Waals surface area (Å²) in [5.41, 5.74) is 53.8. The quantitative estimate of drug-likeness (QED) is 0.164. The highest BCUT2D eigenvalue weighted by Crippen LogP contribution is 2.63.